The Morgan fingerprint density at radius 1 is 1.03 bits per heavy atom. The van der Waals surface area contributed by atoms with Crippen molar-refractivity contribution in [2.24, 2.45) is 11.8 Å². The van der Waals surface area contributed by atoms with E-state index in [1.807, 2.05) is 36.4 Å². The van der Waals surface area contributed by atoms with E-state index in [0.717, 1.165) is 46.4 Å². The van der Waals surface area contributed by atoms with Crippen LogP contribution in [-0.4, -0.2) is 65.9 Å². The molecular formula is C26H30N2O6. The van der Waals surface area contributed by atoms with Crippen molar-refractivity contribution in [2.75, 3.05) is 32.8 Å². The number of aliphatic carboxylic acids is 1. The molecule has 180 valence electrons. The van der Waals surface area contributed by atoms with Crippen molar-refractivity contribution >= 4 is 18.0 Å². The molecule has 0 saturated heterocycles. The molecule has 0 aliphatic heterocycles. The van der Waals surface area contributed by atoms with Gasteiger partial charge in [0.05, 0.1) is 12.5 Å². The van der Waals surface area contributed by atoms with Crippen LogP contribution < -0.4 is 5.32 Å². The number of hydrogen-bond donors (Lipinski definition) is 3. The number of fused-ring (bicyclic) bond motifs is 3. The summed E-state index contributed by atoms with van der Waals surface area (Å²) >= 11 is 0. The summed E-state index contributed by atoms with van der Waals surface area (Å²) in [5, 5.41) is 21.1. The Morgan fingerprint density at radius 3 is 2.18 bits per heavy atom. The molecule has 8 nitrogen and oxygen atoms in total. The van der Waals surface area contributed by atoms with Crippen LogP contribution >= 0.6 is 0 Å². The maximum absolute atomic E-state index is 13.0. The number of hydrogen-bond acceptors (Lipinski definition) is 5. The molecule has 8 heteroatoms. The minimum atomic E-state index is -1.14. The number of carboxylic acid groups (broad SMARTS) is 1. The lowest BCUT2D eigenvalue weighted by Gasteiger charge is -2.35. The molecule has 0 aromatic heterocycles. The fourth-order valence-corrected chi connectivity index (χ4v) is 4.93. The van der Waals surface area contributed by atoms with Crippen LogP contribution in [0.25, 0.3) is 11.1 Å². The van der Waals surface area contributed by atoms with Gasteiger partial charge in [-0.3, -0.25) is 9.59 Å². The number of benzene rings is 2. The van der Waals surface area contributed by atoms with Crippen LogP contribution in [0, 0.1) is 11.8 Å². The molecule has 2 amide bonds. The molecule has 2 aromatic rings. The van der Waals surface area contributed by atoms with Gasteiger partial charge in [-0.25, -0.2) is 4.79 Å². The number of carbonyl (C=O) groups is 3. The Morgan fingerprint density at radius 2 is 1.65 bits per heavy atom. The van der Waals surface area contributed by atoms with Crippen LogP contribution in [0.3, 0.4) is 0 Å². The summed E-state index contributed by atoms with van der Waals surface area (Å²) in [5.74, 6) is -2.02. The van der Waals surface area contributed by atoms with E-state index in [1.54, 1.807) is 0 Å². The zero-order valence-corrected chi connectivity index (χ0v) is 19.0. The number of aliphatic hydroxyl groups excluding tert-OH is 1. The number of aliphatic hydroxyl groups is 1. The molecule has 34 heavy (non-hydrogen) atoms. The first-order valence-electron chi connectivity index (χ1n) is 11.7. The predicted octanol–water partition coefficient (Wildman–Crippen LogP) is 2.85. The molecule has 2 aromatic carbocycles. The number of amides is 2. The highest BCUT2D eigenvalue weighted by atomic mass is 16.5. The number of rotatable bonds is 10. The van der Waals surface area contributed by atoms with Crippen molar-refractivity contribution < 1.29 is 29.3 Å². The Kier molecular flexibility index (Phi) is 7.47. The van der Waals surface area contributed by atoms with Crippen molar-refractivity contribution in [2.45, 2.75) is 25.2 Å². The summed E-state index contributed by atoms with van der Waals surface area (Å²) in [6.07, 6.45) is 2.09. The van der Waals surface area contributed by atoms with E-state index >= 15 is 0 Å². The maximum Gasteiger partial charge on any atom is 0.407 e. The van der Waals surface area contributed by atoms with Gasteiger partial charge >= 0.3 is 12.1 Å². The second-order valence-electron chi connectivity index (χ2n) is 8.88. The van der Waals surface area contributed by atoms with Crippen molar-refractivity contribution in [3.8, 4) is 11.1 Å². The summed E-state index contributed by atoms with van der Waals surface area (Å²) in [7, 11) is 0. The van der Waals surface area contributed by atoms with E-state index in [1.165, 1.54) is 0 Å². The third-order valence-electron chi connectivity index (χ3n) is 6.85. The lowest BCUT2D eigenvalue weighted by atomic mass is 9.75. The molecule has 2 aliphatic rings. The highest BCUT2D eigenvalue weighted by Gasteiger charge is 2.36. The van der Waals surface area contributed by atoms with Gasteiger partial charge in [0.15, 0.2) is 0 Å². The summed E-state index contributed by atoms with van der Waals surface area (Å²) in [6.45, 7) is -0.609. The number of ether oxygens (including phenoxy) is 1. The highest BCUT2D eigenvalue weighted by molar-refractivity contribution is 5.84. The SMILES string of the molecule is O=C(O)CN(CCO)C(=O)C(CNC(=O)OCC1c2ccccc2-c2ccccc21)C1CCC1. The minimum absolute atomic E-state index is 0.0563. The maximum atomic E-state index is 13.0. The molecule has 0 bridgehead atoms. The first-order chi connectivity index (χ1) is 16.5. The summed E-state index contributed by atoms with van der Waals surface area (Å²) in [6, 6.07) is 16.2. The fourth-order valence-electron chi connectivity index (χ4n) is 4.93. The molecule has 2 aliphatic carbocycles. The van der Waals surface area contributed by atoms with E-state index in [9.17, 15) is 19.5 Å². The second kappa shape index (κ2) is 10.7. The van der Waals surface area contributed by atoms with Gasteiger partial charge in [-0.2, -0.15) is 0 Å². The zero-order valence-electron chi connectivity index (χ0n) is 19.0. The topological polar surface area (TPSA) is 116 Å². The first-order valence-corrected chi connectivity index (χ1v) is 11.7. The Bertz CT molecular complexity index is 1010. The van der Waals surface area contributed by atoms with Crippen LogP contribution in [0.15, 0.2) is 48.5 Å². The Labute approximate surface area is 198 Å². The van der Waals surface area contributed by atoms with Gasteiger partial charge in [0.25, 0.3) is 0 Å². The minimum Gasteiger partial charge on any atom is -0.480 e. The molecule has 3 N–H and O–H groups in total. The largest absolute Gasteiger partial charge is 0.480 e. The van der Waals surface area contributed by atoms with Crippen molar-refractivity contribution in [1.82, 2.24) is 10.2 Å². The van der Waals surface area contributed by atoms with Crippen molar-refractivity contribution in [1.29, 1.82) is 0 Å². The standard InChI is InChI=1S/C26H30N2O6/c29-13-12-28(15-24(30)31)25(32)22(17-6-5-7-17)14-27-26(33)34-16-23-20-10-3-1-8-18(20)19-9-2-4-11-21(19)23/h1-4,8-11,17,22-23,29H,5-7,12-16H2,(H,27,33)(H,30,31). The molecular weight excluding hydrogens is 436 g/mol. The zero-order chi connectivity index (χ0) is 24.1. The lowest BCUT2D eigenvalue weighted by molar-refractivity contribution is -0.148. The molecule has 0 spiro atoms. The van der Waals surface area contributed by atoms with Crippen LogP contribution in [0.5, 0.6) is 0 Å². The smallest absolute Gasteiger partial charge is 0.407 e. The van der Waals surface area contributed by atoms with Crippen LogP contribution in [0.4, 0.5) is 4.79 Å². The highest BCUT2D eigenvalue weighted by Crippen LogP contribution is 2.44. The first kappa shape index (κ1) is 23.8. The van der Waals surface area contributed by atoms with Gasteiger partial charge in [-0.05, 0) is 41.0 Å². The lowest BCUT2D eigenvalue weighted by Crippen LogP contribution is -2.48. The molecule has 0 radical (unpaired) electrons. The molecule has 1 saturated carbocycles. The summed E-state index contributed by atoms with van der Waals surface area (Å²) < 4.78 is 5.56. The van der Waals surface area contributed by atoms with Gasteiger partial charge < -0.3 is 25.2 Å². The van der Waals surface area contributed by atoms with Crippen LogP contribution in [0.1, 0.15) is 36.3 Å². The Hall–Kier alpha value is -3.39. The third-order valence-corrected chi connectivity index (χ3v) is 6.85. The molecule has 0 heterocycles. The normalized spacial score (nSPS) is 15.6. The average Bonchev–Trinajstić information content (AvgIpc) is 3.12. The average molecular weight is 467 g/mol. The monoisotopic (exact) mass is 466 g/mol. The third kappa shape index (κ3) is 5.07. The number of alkyl carbamates (subject to hydrolysis) is 1. The van der Waals surface area contributed by atoms with Crippen molar-refractivity contribution in [3.63, 3.8) is 0 Å². The summed E-state index contributed by atoms with van der Waals surface area (Å²) in [5.41, 5.74) is 4.52. The van der Waals surface area contributed by atoms with Gasteiger partial charge in [-0.15, -0.1) is 0 Å². The summed E-state index contributed by atoms with van der Waals surface area (Å²) in [4.78, 5) is 37.9. The van der Waals surface area contributed by atoms with E-state index < -0.39 is 24.5 Å². The van der Waals surface area contributed by atoms with Crippen molar-refractivity contribution in [3.05, 3.63) is 59.7 Å². The van der Waals surface area contributed by atoms with E-state index in [-0.39, 0.29) is 44.0 Å². The van der Waals surface area contributed by atoms with Gasteiger partial charge in [0, 0.05) is 19.0 Å². The van der Waals surface area contributed by atoms with Gasteiger partial charge in [-0.1, -0.05) is 55.0 Å². The number of nitrogens with one attached hydrogen (secondary N) is 1. The molecule has 1 fully saturated rings. The van der Waals surface area contributed by atoms with E-state index in [0.29, 0.717) is 0 Å². The van der Waals surface area contributed by atoms with Crippen LogP contribution in [0.2, 0.25) is 0 Å². The van der Waals surface area contributed by atoms with Gasteiger partial charge in [0.1, 0.15) is 13.2 Å². The number of nitrogens with zero attached hydrogens (tertiary/aromatic N) is 1. The Balaban J connectivity index is 1.37. The van der Waals surface area contributed by atoms with Crippen LogP contribution in [-0.2, 0) is 14.3 Å². The molecule has 4 rings (SSSR count). The predicted molar refractivity (Wildman–Crippen MR) is 125 cm³/mol. The van der Waals surface area contributed by atoms with E-state index in [4.69, 9.17) is 9.84 Å². The number of carboxylic acids is 1. The van der Waals surface area contributed by atoms with Gasteiger partial charge in [0.2, 0.25) is 5.91 Å². The molecule has 1 atom stereocenters. The second-order valence-corrected chi connectivity index (χ2v) is 8.88. The molecule has 1 unspecified atom stereocenters. The fraction of sp³-hybridized carbons (Fsp3) is 0.423. The quantitative estimate of drug-likeness (QED) is 0.496. The van der Waals surface area contributed by atoms with E-state index in [2.05, 4.69) is 17.4 Å². The number of carbonyl (C=O) groups excluding carboxylic acids is 2.